The maximum absolute atomic E-state index is 5.97. The molecule has 5 rings (SSSR count). The van der Waals surface area contributed by atoms with E-state index in [4.69, 9.17) is 18.9 Å². The van der Waals surface area contributed by atoms with Crippen molar-refractivity contribution in [3.05, 3.63) is 85.0 Å². The van der Waals surface area contributed by atoms with Gasteiger partial charge in [0.2, 0.25) is 0 Å². The summed E-state index contributed by atoms with van der Waals surface area (Å²) in [5, 5.41) is 23.2. The molecule has 0 N–H and O–H groups in total. The molecule has 0 aliphatic carbocycles. The van der Waals surface area contributed by atoms with Crippen molar-refractivity contribution in [3.63, 3.8) is 0 Å². The summed E-state index contributed by atoms with van der Waals surface area (Å²) in [6.07, 6.45) is 7.98. The molecule has 0 spiro atoms. The molecule has 3 heterocycles. The summed E-state index contributed by atoms with van der Waals surface area (Å²) >= 11 is 0. The van der Waals surface area contributed by atoms with Crippen LogP contribution in [0.2, 0.25) is 0 Å². The predicted octanol–water partition coefficient (Wildman–Crippen LogP) is 1.79. The monoisotopic (exact) mass is 460 g/mol. The van der Waals surface area contributed by atoms with Gasteiger partial charge in [0.1, 0.15) is 36.8 Å². The minimum absolute atomic E-state index is 0.409. The summed E-state index contributed by atoms with van der Waals surface area (Å²) in [6.45, 7) is 0.819. The molecule has 2 atom stereocenters. The molecule has 34 heavy (non-hydrogen) atoms. The number of hydrogen-bond acceptors (Lipinski definition) is 10. The second kappa shape index (κ2) is 10.5. The fraction of sp³-hybridized carbons (Fsp3) is 0.182. The second-order valence-electron chi connectivity index (χ2n) is 7.03. The van der Waals surface area contributed by atoms with Crippen LogP contribution in [-0.2, 0) is 9.47 Å². The Morgan fingerprint density at radius 1 is 0.647 bits per heavy atom. The Hall–Kier alpha value is -4.42. The zero-order chi connectivity index (χ0) is 23.0. The number of ether oxygens (including phenoxy) is 4. The normalized spacial score (nSPS) is 18.5. The molecule has 172 valence electrons. The van der Waals surface area contributed by atoms with E-state index in [1.807, 2.05) is 48.5 Å². The van der Waals surface area contributed by atoms with Gasteiger partial charge in [-0.15, -0.1) is 20.4 Å². The first kappa shape index (κ1) is 21.4. The molecule has 0 radical (unpaired) electrons. The first-order chi connectivity index (χ1) is 16.8. The van der Waals surface area contributed by atoms with Gasteiger partial charge in [-0.25, -0.2) is 9.35 Å². The van der Waals surface area contributed by atoms with Crippen molar-refractivity contribution >= 4 is 12.4 Å². The van der Waals surface area contributed by atoms with Crippen LogP contribution >= 0.6 is 0 Å². The predicted molar refractivity (Wildman–Crippen MR) is 120 cm³/mol. The van der Waals surface area contributed by atoms with Crippen molar-refractivity contribution in [3.8, 4) is 11.5 Å². The lowest BCUT2D eigenvalue weighted by molar-refractivity contribution is -0.271. The van der Waals surface area contributed by atoms with E-state index in [2.05, 4.69) is 30.6 Å². The van der Waals surface area contributed by atoms with Gasteiger partial charge < -0.3 is 18.9 Å². The fourth-order valence-electron chi connectivity index (χ4n) is 2.97. The lowest BCUT2D eigenvalue weighted by atomic mass is 10.2. The van der Waals surface area contributed by atoms with Crippen LogP contribution in [0.3, 0.4) is 0 Å². The van der Waals surface area contributed by atoms with Gasteiger partial charge in [-0.2, -0.15) is 10.2 Å². The average Bonchev–Trinajstić information content (AvgIpc) is 3.59. The summed E-state index contributed by atoms with van der Waals surface area (Å²) in [7, 11) is 0. The zero-order valence-electron chi connectivity index (χ0n) is 17.9. The molecule has 4 aromatic rings. The topological polar surface area (TPSA) is 123 Å². The molecular weight excluding hydrogens is 440 g/mol. The van der Waals surface area contributed by atoms with E-state index in [1.165, 1.54) is 34.7 Å². The number of aromatic nitrogens is 6. The minimum atomic E-state index is -0.722. The van der Waals surface area contributed by atoms with Crippen LogP contribution in [0.5, 0.6) is 11.5 Å². The largest absolute Gasteiger partial charge is 0.458 e. The standard InChI is InChI=1S/C22H20N8O4/c1-5-19(6-2-17(1)11-27-29-13-23-24-14-29)33-21-22(32-10-9-31-21)34-20-7-3-18(4-8-20)12-28-30-15-25-26-16-30/h1-8,11-16,21-22H,9-10H2. The number of nitrogens with zero attached hydrogens (tertiary/aromatic N) is 8. The van der Waals surface area contributed by atoms with E-state index < -0.39 is 12.6 Å². The van der Waals surface area contributed by atoms with Gasteiger partial charge in [0, 0.05) is 0 Å². The van der Waals surface area contributed by atoms with E-state index in [-0.39, 0.29) is 0 Å². The average molecular weight is 460 g/mol. The minimum Gasteiger partial charge on any atom is -0.458 e. The maximum Gasteiger partial charge on any atom is 0.263 e. The van der Waals surface area contributed by atoms with Crippen molar-refractivity contribution in [1.82, 2.24) is 29.7 Å². The van der Waals surface area contributed by atoms with Gasteiger partial charge in [-0.1, -0.05) is 0 Å². The van der Waals surface area contributed by atoms with Gasteiger partial charge in [0.25, 0.3) is 12.6 Å². The summed E-state index contributed by atoms with van der Waals surface area (Å²) in [4.78, 5) is 0. The fourth-order valence-corrected chi connectivity index (χ4v) is 2.97. The van der Waals surface area contributed by atoms with Gasteiger partial charge in [0.15, 0.2) is 0 Å². The Balaban J connectivity index is 1.19. The molecule has 1 aliphatic heterocycles. The first-order valence-corrected chi connectivity index (χ1v) is 10.4. The third-order valence-corrected chi connectivity index (χ3v) is 4.63. The van der Waals surface area contributed by atoms with Crippen LogP contribution in [0.1, 0.15) is 11.1 Å². The molecule has 0 bridgehead atoms. The smallest absolute Gasteiger partial charge is 0.263 e. The Bertz CT molecular complexity index is 1110. The van der Waals surface area contributed by atoms with Crippen molar-refractivity contribution in [2.24, 2.45) is 10.2 Å². The Kier molecular flexibility index (Phi) is 6.59. The molecule has 12 heteroatoms. The van der Waals surface area contributed by atoms with E-state index in [0.29, 0.717) is 24.7 Å². The van der Waals surface area contributed by atoms with Crippen LogP contribution in [-0.4, -0.2) is 68.0 Å². The third kappa shape index (κ3) is 5.68. The van der Waals surface area contributed by atoms with Gasteiger partial charge in [-0.3, -0.25) is 0 Å². The Labute approximate surface area is 194 Å². The molecule has 0 amide bonds. The van der Waals surface area contributed by atoms with Gasteiger partial charge in [0.05, 0.1) is 25.6 Å². The Morgan fingerprint density at radius 3 is 1.41 bits per heavy atom. The zero-order valence-corrected chi connectivity index (χ0v) is 17.9. The lowest BCUT2D eigenvalue weighted by Gasteiger charge is -2.31. The van der Waals surface area contributed by atoms with Crippen LogP contribution in [0.25, 0.3) is 0 Å². The molecule has 12 nitrogen and oxygen atoms in total. The van der Waals surface area contributed by atoms with Crippen molar-refractivity contribution in [2.75, 3.05) is 13.2 Å². The summed E-state index contributed by atoms with van der Waals surface area (Å²) in [5.74, 6) is 1.23. The highest BCUT2D eigenvalue weighted by Gasteiger charge is 2.31. The van der Waals surface area contributed by atoms with Crippen molar-refractivity contribution in [1.29, 1.82) is 0 Å². The SMILES string of the molecule is C(=Nn1cnnc1)c1ccc(OC2OCCOC2Oc2ccc(C=Nn3cnnc3)cc2)cc1. The van der Waals surface area contributed by atoms with Crippen LogP contribution in [0, 0.1) is 0 Å². The molecule has 1 fully saturated rings. The quantitative estimate of drug-likeness (QED) is 0.365. The summed E-state index contributed by atoms with van der Waals surface area (Å²) < 4.78 is 26.5. The van der Waals surface area contributed by atoms with Crippen molar-refractivity contribution < 1.29 is 18.9 Å². The maximum atomic E-state index is 5.97. The first-order valence-electron chi connectivity index (χ1n) is 10.4. The highest BCUT2D eigenvalue weighted by molar-refractivity contribution is 5.80. The van der Waals surface area contributed by atoms with Crippen LogP contribution in [0.15, 0.2) is 84.0 Å². The number of benzene rings is 2. The number of rotatable bonds is 8. The highest BCUT2D eigenvalue weighted by atomic mass is 16.8. The van der Waals surface area contributed by atoms with Gasteiger partial charge in [-0.05, 0) is 59.7 Å². The van der Waals surface area contributed by atoms with Crippen LogP contribution in [0.4, 0.5) is 0 Å². The van der Waals surface area contributed by atoms with Crippen LogP contribution < -0.4 is 9.47 Å². The Morgan fingerprint density at radius 2 is 1.03 bits per heavy atom. The summed E-state index contributed by atoms with van der Waals surface area (Å²) in [6, 6.07) is 14.8. The van der Waals surface area contributed by atoms with E-state index in [9.17, 15) is 0 Å². The van der Waals surface area contributed by atoms with Gasteiger partial charge >= 0.3 is 0 Å². The molecule has 2 unspecified atom stereocenters. The molecule has 0 saturated carbocycles. The van der Waals surface area contributed by atoms with Crippen molar-refractivity contribution in [2.45, 2.75) is 12.6 Å². The number of hydrogen-bond donors (Lipinski definition) is 0. The lowest BCUT2D eigenvalue weighted by Crippen LogP contribution is -2.45. The van der Waals surface area contributed by atoms with E-state index >= 15 is 0 Å². The summed E-state index contributed by atoms with van der Waals surface area (Å²) in [5.41, 5.74) is 1.78. The second-order valence-corrected chi connectivity index (χ2v) is 7.03. The van der Waals surface area contributed by atoms with E-state index in [1.54, 1.807) is 12.4 Å². The molecule has 2 aromatic heterocycles. The molecule has 1 aliphatic rings. The molecule has 2 aromatic carbocycles. The molecule has 1 saturated heterocycles. The van der Waals surface area contributed by atoms with E-state index in [0.717, 1.165) is 11.1 Å². The highest BCUT2D eigenvalue weighted by Crippen LogP contribution is 2.22. The molecular formula is C22H20N8O4. The third-order valence-electron chi connectivity index (χ3n) is 4.63.